The van der Waals surface area contributed by atoms with Crippen LogP contribution in [0.1, 0.15) is 0 Å². The maximum Gasteiger partial charge on any atom is 0.311 e. The van der Waals surface area contributed by atoms with Crippen LogP contribution < -0.4 is 5.32 Å². The Morgan fingerprint density at radius 1 is 1.53 bits per heavy atom. The number of methoxy groups -OCH3 is 1. The van der Waals surface area contributed by atoms with Gasteiger partial charge in [-0.2, -0.15) is 0 Å². The summed E-state index contributed by atoms with van der Waals surface area (Å²) in [6.07, 6.45) is 2.77. The van der Waals surface area contributed by atoms with Gasteiger partial charge in [-0.3, -0.25) is 15.1 Å². The van der Waals surface area contributed by atoms with Crippen molar-refractivity contribution in [1.29, 1.82) is 0 Å². The molecule has 0 radical (unpaired) electrons. The van der Waals surface area contributed by atoms with Crippen molar-refractivity contribution in [2.45, 2.75) is 0 Å². The van der Waals surface area contributed by atoms with Gasteiger partial charge in [0, 0.05) is 32.9 Å². The quantitative estimate of drug-likeness (QED) is 0.577. The molecule has 0 aliphatic heterocycles. The van der Waals surface area contributed by atoms with Crippen LogP contribution in [0.25, 0.3) is 0 Å². The summed E-state index contributed by atoms with van der Waals surface area (Å²) in [5.41, 5.74) is 0.425. The number of nitro groups is 1. The Morgan fingerprint density at radius 2 is 2.26 bits per heavy atom. The second kappa shape index (κ2) is 8.03. The predicted molar refractivity (Wildman–Crippen MR) is 76.5 cm³/mol. The standard InChI is InChI=1S/C11H17BrN4O3/c1-15(5-6-19-2)4-3-14-11-9(12)7-13-8-10(11)16(17)18/h7-8H,3-6H2,1-2H3,(H,13,14). The molecule has 1 heterocycles. The molecule has 7 nitrogen and oxygen atoms in total. The number of rotatable bonds is 8. The number of aromatic nitrogens is 1. The van der Waals surface area contributed by atoms with E-state index in [0.717, 1.165) is 13.1 Å². The van der Waals surface area contributed by atoms with E-state index in [9.17, 15) is 10.1 Å². The number of nitrogens with one attached hydrogen (secondary N) is 1. The van der Waals surface area contributed by atoms with Crippen LogP contribution in [-0.2, 0) is 4.74 Å². The third-order valence-corrected chi connectivity index (χ3v) is 3.15. The van der Waals surface area contributed by atoms with Crippen molar-refractivity contribution < 1.29 is 9.66 Å². The zero-order chi connectivity index (χ0) is 14.3. The molecule has 0 aliphatic rings. The van der Waals surface area contributed by atoms with Crippen molar-refractivity contribution >= 4 is 27.3 Å². The van der Waals surface area contributed by atoms with Gasteiger partial charge in [-0.05, 0) is 23.0 Å². The lowest BCUT2D eigenvalue weighted by Gasteiger charge is -2.16. The summed E-state index contributed by atoms with van der Waals surface area (Å²) in [7, 11) is 3.63. The second-order valence-corrected chi connectivity index (χ2v) is 4.85. The molecule has 1 aromatic heterocycles. The first-order chi connectivity index (χ1) is 9.06. The van der Waals surface area contributed by atoms with Crippen molar-refractivity contribution in [2.24, 2.45) is 0 Å². The number of likely N-dealkylation sites (N-methyl/N-ethyl adjacent to an activating group) is 1. The van der Waals surface area contributed by atoms with Gasteiger partial charge in [0.25, 0.3) is 0 Å². The third kappa shape index (κ3) is 5.09. The van der Waals surface area contributed by atoms with Gasteiger partial charge in [0.1, 0.15) is 11.9 Å². The Kier molecular flexibility index (Phi) is 6.68. The lowest BCUT2D eigenvalue weighted by molar-refractivity contribution is -0.384. The summed E-state index contributed by atoms with van der Waals surface area (Å²) in [6, 6.07) is 0. The third-order valence-electron chi connectivity index (χ3n) is 2.55. The molecule has 0 atom stereocenters. The van der Waals surface area contributed by atoms with Gasteiger partial charge in [0.15, 0.2) is 0 Å². The Hall–Kier alpha value is -1.25. The Morgan fingerprint density at radius 3 is 2.89 bits per heavy atom. The molecule has 19 heavy (non-hydrogen) atoms. The van der Waals surface area contributed by atoms with Crippen LogP contribution in [0.3, 0.4) is 0 Å². The van der Waals surface area contributed by atoms with E-state index in [2.05, 4.69) is 31.1 Å². The first-order valence-corrected chi connectivity index (χ1v) is 6.54. The Labute approximate surface area is 120 Å². The molecule has 0 saturated heterocycles. The normalized spacial score (nSPS) is 10.7. The van der Waals surface area contributed by atoms with Gasteiger partial charge in [-0.15, -0.1) is 0 Å². The summed E-state index contributed by atoms with van der Waals surface area (Å²) >= 11 is 3.26. The van der Waals surface area contributed by atoms with E-state index in [0.29, 0.717) is 23.3 Å². The SMILES string of the molecule is COCCN(C)CCNc1c(Br)cncc1[N+](=O)[O-]. The van der Waals surface area contributed by atoms with Gasteiger partial charge in [0.2, 0.25) is 0 Å². The molecule has 1 N–H and O–H groups in total. The highest BCUT2D eigenvalue weighted by molar-refractivity contribution is 9.10. The van der Waals surface area contributed by atoms with Crippen molar-refractivity contribution in [3.8, 4) is 0 Å². The van der Waals surface area contributed by atoms with E-state index in [1.807, 2.05) is 7.05 Å². The summed E-state index contributed by atoms with van der Waals surface area (Å²) in [6.45, 7) is 2.84. The Balaban J connectivity index is 2.55. The number of halogens is 1. The zero-order valence-electron chi connectivity index (χ0n) is 10.9. The molecule has 0 aliphatic carbocycles. The minimum absolute atomic E-state index is 0.0334. The molecule has 106 valence electrons. The van der Waals surface area contributed by atoms with Crippen LogP contribution in [0.5, 0.6) is 0 Å². The summed E-state index contributed by atoms with van der Waals surface area (Å²) in [5.74, 6) is 0. The zero-order valence-corrected chi connectivity index (χ0v) is 12.5. The van der Waals surface area contributed by atoms with E-state index in [1.165, 1.54) is 12.4 Å². The highest BCUT2D eigenvalue weighted by Gasteiger charge is 2.16. The predicted octanol–water partition coefficient (Wildman–Crippen LogP) is 1.74. The lowest BCUT2D eigenvalue weighted by atomic mass is 10.3. The molecule has 0 saturated carbocycles. The molecule has 1 aromatic rings. The summed E-state index contributed by atoms with van der Waals surface area (Å²) in [5, 5.41) is 13.9. The molecule has 8 heteroatoms. The van der Waals surface area contributed by atoms with Crippen molar-refractivity contribution in [3.63, 3.8) is 0 Å². The van der Waals surface area contributed by atoms with Crippen LogP contribution in [0, 0.1) is 10.1 Å². The second-order valence-electron chi connectivity index (χ2n) is 4.00. The van der Waals surface area contributed by atoms with Gasteiger partial charge in [-0.25, -0.2) is 0 Å². The minimum atomic E-state index is -0.450. The van der Waals surface area contributed by atoms with Gasteiger partial charge < -0.3 is 15.0 Å². The number of hydrogen-bond acceptors (Lipinski definition) is 6. The largest absolute Gasteiger partial charge is 0.383 e. The highest BCUT2D eigenvalue weighted by atomic mass is 79.9. The van der Waals surface area contributed by atoms with Crippen LogP contribution in [-0.4, -0.2) is 55.2 Å². The number of pyridine rings is 1. The molecule has 1 rings (SSSR count). The van der Waals surface area contributed by atoms with E-state index in [4.69, 9.17) is 4.74 Å². The van der Waals surface area contributed by atoms with E-state index in [-0.39, 0.29) is 5.69 Å². The number of nitrogens with zero attached hydrogens (tertiary/aromatic N) is 3. The van der Waals surface area contributed by atoms with Crippen LogP contribution in [0.2, 0.25) is 0 Å². The maximum absolute atomic E-state index is 10.9. The molecule has 0 fully saturated rings. The summed E-state index contributed by atoms with van der Waals surface area (Å²) in [4.78, 5) is 16.3. The lowest BCUT2D eigenvalue weighted by Crippen LogP contribution is -2.28. The van der Waals surface area contributed by atoms with Crippen LogP contribution >= 0.6 is 15.9 Å². The van der Waals surface area contributed by atoms with Gasteiger partial charge >= 0.3 is 5.69 Å². The molecular formula is C11H17BrN4O3. The number of hydrogen-bond donors (Lipinski definition) is 1. The fourth-order valence-corrected chi connectivity index (χ4v) is 1.93. The van der Waals surface area contributed by atoms with E-state index < -0.39 is 4.92 Å². The monoisotopic (exact) mass is 332 g/mol. The molecule has 0 spiro atoms. The average molecular weight is 333 g/mol. The molecule has 0 unspecified atom stereocenters. The average Bonchev–Trinajstić information content (AvgIpc) is 2.37. The highest BCUT2D eigenvalue weighted by Crippen LogP contribution is 2.30. The fourth-order valence-electron chi connectivity index (χ4n) is 1.47. The van der Waals surface area contributed by atoms with Crippen LogP contribution in [0.4, 0.5) is 11.4 Å². The number of ether oxygens (including phenoxy) is 1. The van der Waals surface area contributed by atoms with E-state index in [1.54, 1.807) is 7.11 Å². The van der Waals surface area contributed by atoms with Gasteiger partial charge in [0.05, 0.1) is 16.0 Å². The van der Waals surface area contributed by atoms with Crippen molar-refractivity contribution in [1.82, 2.24) is 9.88 Å². The van der Waals surface area contributed by atoms with Crippen LogP contribution in [0.15, 0.2) is 16.9 Å². The smallest absolute Gasteiger partial charge is 0.311 e. The minimum Gasteiger partial charge on any atom is -0.383 e. The molecule has 0 bridgehead atoms. The van der Waals surface area contributed by atoms with Crippen molar-refractivity contribution in [3.05, 3.63) is 27.0 Å². The first kappa shape index (κ1) is 15.8. The van der Waals surface area contributed by atoms with Gasteiger partial charge in [-0.1, -0.05) is 0 Å². The molecule has 0 amide bonds. The molecular weight excluding hydrogens is 316 g/mol. The maximum atomic E-state index is 10.9. The Bertz CT molecular complexity index is 430. The van der Waals surface area contributed by atoms with Crippen molar-refractivity contribution in [2.75, 3.05) is 45.7 Å². The number of anilines is 1. The molecule has 0 aromatic carbocycles. The fraction of sp³-hybridized carbons (Fsp3) is 0.545. The first-order valence-electron chi connectivity index (χ1n) is 5.75. The van der Waals surface area contributed by atoms with E-state index >= 15 is 0 Å². The summed E-state index contributed by atoms with van der Waals surface area (Å²) < 4.78 is 5.56. The topological polar surface area (TPSA) is 80.5 Å².